The van der Waals surface area contributed by atoms with Crippen LogP contribution < -0.4 is 5.32 Å². The predicted octanol–water partition coefficient (Wildman–Crippen LogP) is 2.94. The van der Waals surface area contributed by atoms with Crippen molar-refractivity contribution in [3.05, 3.63) is 48.0 Å². The normalized spacial score (nSPS) is 19.8. The van der Waals surface area contributed by atoms with E-state index in [1.165, 1.54) is 16.3 Å². The first kappa shape index (κ1) is 13.9. The first-order chi connectivity index (χ1) is 10.1. The molecule has 0 saturated carbocycles. The van der Waals surface area contributed by atoms with Gasteiger partial charge in [-0.15, -0.1) is 0 Å². The molecule has 0 aromatic heterocycles. The topological polar surface area (TPSA) is 41.6 Å². The molecular weight excluding hydrogens is 264 g/mol. The Balaban J connectivity index is 1.70. The van der Waals surface area contributed by atoms with Crippen molar-refractivity contribution in [1.29, 1.82) is 0 Å². The number of ether oxygens (including phenoxy) is 1. The van der Waals surface area contributed by atoms with Gasteiger partial charge in [0, 0.05) is 19.6 Å². The number of likely N-dealkylation sites (N-methyl/N-ethyl adjacent to an activating group) is 1. The smallest absolute Gasteiger partial charge is 0.410 e. The van der Waals surface area contributed by atoms with Crippen molar-refractivity contribution in [2.75, 3.05) is 20.1 Å². The molecule has 0 aliphatic carbocycles. The first-order valence-corrected chi connectivity index (χ1v) is 7.28. The van der Waals surface area contributed by atoms with Gasteiger partial charge in [0.05, 0.1) is 6.54 Å². The number of nitrogens with one attached hydrogen (secondary N) is 1. The van der Waals surface area contributed by atoms with Gasteiger partial charge >= 0.3 is 6.09 Å². The molecule has 21 heavy (non-hydrogen) atoms. The third kappa shape index (κ3) is 2.85. The lowest BCUT2D eigenvalue weighted by Crippen LogP contribution is -2.31. The number of carbonyl (C=O) groups excluding carboxylic acids is 1. The lowest BCUT2D eigenvalue weighted by Gasteiger charge is -2.18. The molecule has 0 bridgehead atoms. The number of hydrogen-bond donors (Lipinski definition) is 1. The number of benzene rings is 2. The second-order valence-electron chi connectivity index (χ2n) is 5.58. The van der Waals surface area contributed by atoms with Gasteiger partial charge in [0.25, 0.3) is 0 Å². The minimum atomic E-state index is -0.236. The summed E-state index contributed by atoms with van der Waals surface area (Å²) in [5.41, 5.74) is 1.27. The minimum Gasteiger partial charge on any atom is -0.443 e. The fraction of sp³-hybridized carbons (Fsp3) is 0.353. The molecule has 1 aliphatic heterocycles. The van der Waals surface area contributed by atoms with Gasteiger partial charge < -0.3 is 15.0 Å². The molecule has 2 aromatic carbocycles. The summed E-state index contributed by atoms with van der Waals surface area (Å²) < 4.78 is 5.27. The molecule has 4 nitrogen and oxygen atoms in total. The molecule has 0 spiro atoms. The van der Waals surface area contributed by atoms with Crippen molar-refractivity contribution < 1.29 is 9.53 Å². The molecule has 3 rings (SSSR count). The Bertz CT molecular complexity index is 651. The van der Waals surface area contributed by atoms with Crippen LogP contribution in [-0.4, -0.2) is 37.2 Å². The van der Waals surface area contributed by atoms with Crippen molar-refractivity contribution in [3.8, 4) is 0 Å². The molecule has 2 unspecified atom stereocenters. The van der Waals surface area contributed by atoms with Crippen LogP contribution in [0.2, 0.25) is 0 Å². The minimum absolute atomic E-state index is 0.0695. The quantitative estimate of drug-likeness (QED) is 0.938. The zero-order valence-corrected chi connectivity index (χ0v) is 12.4. The SMILES string of the molecule is CC(NCC1CN(C)C(=O)O1)c1cccc2ccccc12. The van der Waals surface area contributed by atoms with E-state index in [-0.39, 0.29) is 18.2 Å². The number of nitrogens with zero attached hydrogens (tertiary/aromatic N) is 1. The maximum atomic E-state index is 11.3. The summed E-state index contributed by atoms with van der Waals surface area (Å²) in [6, 6.07) is 14.9. The van der Waals surface area contributed by atoms with Gasteiger partial charge in [-0.3, -0.25) is 0 Å². The fourth-order valence-electron chi connectivity index (χ4n) is 2.80. The van der Waals surface area contributed by atoms with E-state index in [0.717, 1.165) is 0 Å². The third-order valence-electron chi connectivity index (χ3n) is 4.00. The van der Waals surface area contributed by atoms with Crippen molar-refractivity contribution in [3.63, 3.8) is 0 Å². The molecule has 1 saturated heterocycles. The van der Waals surface area contributed by atoms with Gasteiger partial charge in [-0.2, -0.15) is 0 Å². The number of amides is 1. The third-order valence-corrected chi connectivity index (χ3v) is 4.00. The highest BCUT2D eigenvalue weighted by molar-refractivity contribution is 5.86. The summed E-state index contributed by atoms with van der Waals surface area (Å²) in [4.78, 5) is 13.0. The average Bonchev–Trinajstić information content (AvgIpc) is 2.83. The molecule has 1 heterocycles. The van der Waals surface area contributed by atoms with Crippen LogP contribution in [0.15, 0.2) is 42.5 Å². The summed E-state index contributed by atoms with van der Waals surface area (Å²) in [5, 5.41) is 5.98. The molecule has 4 heteroatoms. The van der Waals surface area contributed by atoms with E-state index < -0.39 is 0 Å². The van der Waals surface area contributed by atoms with Crippen LogP contribution in [0.4, 0.5) is 4.79 Å². The maximum absolute atomic E-state index is 11.3. The van der Waals surface area contributed by atoms with Crippen LogP contribution >= 0.6 is 0 Å². The van der Waals surface area contributed by atoms with E-state index in [4.69, 9.17) is 4.74 Å². The van der Waals surface area contributed by atoms with Gasteiger partial charge in [0.1, 0.15) is 6.10 Å². The van der Waals surface area contributed by atoms with Crippen molar-refractivity contribution in [1.82, 2.24) is 10.2 Å². The standard InChI is InChI=1S/C17H20N2O2/c1-12(18-10-14-11-19(2)17(20)21-14)15-9-5-7-13-6-3-4-8-16(13)15/h3-9,12,14,18H,10-11H2,1-2H3. The molecule has 1 fully saturated rings. The fourth-order valence-corrected chi connectivity index (χ4v) is 2.80. The highest BCUT2D eigenvalue weighted by Crippen LogP contribution is 2.24. The van der Waals surface area contributed by atoms with E-state index in [2.05, 4.69) is 54.7 Å². The zero-order chi connectivity index (χ0) is 14.8. The summed E-state index contributed by atoms with van der Waals surface area (Å²) in [6.07, 6.45) is -0.306. The van der Waals surface area contributed by atoms with Gasteiger partial charge in [-0.05, 0) is 23.3 Å². The second-order valence-corrected chi connectivity index (χ2v) is 5.58. The van der Waals surface area contributed by atoms with Crippen molar-refractivity contribution in [2.45, 2.75) is 19.1 Å². The van der Waals surface area contributed by atoms with E-state index >= 15 is 0 Å². The molecule has 110 valence electrons. The number of cyclic esters (lactones) is 1. The number of carbonyl (C=O) groups is 1. The van der Waals surface area contributed by atoms with Gasteiger partial charge in [0.15, 0.2) is 0 Å². The maximum Gasteiger partial charge on any atom is 0.410 e. The highest BCUT2D eigenvalue weighted by atomic mass is 16.6. The van der Waals surface area contributed by atoms with Crippen LogP contribution in [0.5, 0.6) is 0 Å². The van der Waals surface area contributed by atoms with E-state index in [0.29, 0.717) is 13.1 Å². The van der Waals surface area contributed by atoms with Gasteiger partial charge in [0.2, 0.25) is 0 Å². The summed E-state index contributed by atoms with van der Waals surface area (Å²) >= 11 is 0. The lowest BCUT2D eigenvalue weighted by atomic mass is 9.99. The summed E-state index contributed by atoms with van der Waals surface area (Å²) in [5.74, 6) is 0. The van der Waals surface area contributed by atoms with Crippen LogP contribution in [-0.2, 0) is 4.74 Å². The van der Waals surface area contributed by atoms with Gasteiger partial charge in [-0.1, -0.05) is 42.5 Å². The highest BCUT2D eigenvalue weighted by Gasteiger charge is 2.28. The number of rotatable bonds is 4. The molecule has 2 atom stereocenters. The van der Waals surface area contributed by atoms with E-state index in [9.17, 15) is 4.79 Å². The largest absolute Gasteiger partial charge is 0.443 e. The van der Waals surface area contributed by atoms with Crippen LogP contribution in [0.3, 0.4) is 0 Å². The zero-order valence-electron chi connectivity index (χ0n) is 12.4. The van der Waals surface area contributed by atoms with Crippen LogP contribution in [0.1, 0.15) is 18.5 Å². The first-order valence-electron chi connectivity index (χ1n) is 7.28. The van der Waals surface area contributed by atoms with Crippen LogP contribution in [0, 0.1) is 0 Å². The van der Waals surface area contributed by atoms with Crippen molar-refractivity contribution in [2.24, 2.45) is 0 Å². The monoisotopic (exact) mass is 284 g/mol. The number of hydrogen-bond acceptors (Lipinski definition) is 3. The second kappa shape index (κ2) is 5.74. The molecular formula is C17H20N2O2. The lowest BCUT2D eigenvalue weighted by molar-refractivity contribution is 0.132. The van der Waals surface area contributed by atoms with E-state index in [1.54, 1.807) is 11.9 Å². The number of fused-ring (bicyclic) bond motifs is 1. The molecule has 2 aromatic rings. The Morgan fingerprint density at radius 1 is 1.29 bits per heavy atom. The summed E-state index contributed by atoms with van der Waals surface area (Å²) in [7, 11) is 1.76. The summed E-state index contributed by atoms with van der Waals surface area (Å²) in [6.45, 7) is 3.46. The molecule has 1 amide bonds. The Morgan fingerprint density at radius 3 is 2.81 bits per heavy atom. The average molecular weight is 284 g/mol. The van der Waals surface area contributed by atoms with Gasteiger partial charge in [-0.25, -0.2) is 4.79 Å². The van der Waals surface area contributed by atoms with E-state index in [1.807, 2.05) is 0 Å². The molecule has 0 radical (unpaired) electrons. The predicted molar refractivity (Wildman–Crippen MR) is 83.3 cm³/mol. The van der Waals surface area contributed by atoms with Crippen LogP contribution in [0.25, 0.3) is 10.8 Å². The molecule has 1 N–H and O–H groups in total. The van der Waals surface area contributed by atoms with Crippen molar-refractivity contribution >= 4 is 16.9 Å². The Morgan fingerprint density at radius 2 is 2.05 bits per heavy atom. The molecule has 1 aliphatic rings. The Labute approximate surface area is 124 Å². The Hall–Kier alpha value is -2.07. The Kier molecular flexibility index (Phi) is 3.80.